The van der Waals surface area contributed by atoms with Crippen molar-refractivity contribution in [2.75, 3.05) is 5.32 Å². The number of nitrogens with zero attached hydrogens (tertiary/aromatic N) is 2. The van der Waals surface area contributed by atoms with E-state index in [1.54, 1.807) is 0 Å². The SMILES string of the molecule is O=C(Cc1n[nH]c(Cc2ccc(Cl)cc2)n1)Nc1ccccc1. The summed E-state index contributed by atoms with van der Waals surface area (Å²) >= 11 is 5.86. The summed E-state index contributed by atoms with van der Waals surface area (Å²) in [6, 6.07) is 16.8. The molecule has 0 bridgehead atoms. The lowest BCUT2D eigenvalue weighted by Crippen LogP contribution is -2.15. The van der Waals surface area contributed by atoms with Crippen molar-refractivity contribution in [2.45, 2.75) is 12.8 Å². The van der Waals surface area contributed by atoms with Gasteiger partial charge < -0.3 is 5.32 Å². The van der Waals surface area contributed by atoms with E-state index in [4.69, 9.17) is 11.6 Å². The minimum Gasteiger partial charge on any atom is -0.326 e. The van der Waals surface area contributed by atoms with E-state index in [-0.39, 0.29) is 12.3 Å². The monoisotopic (exact) mass is 326 g/mol. The number of hydrogen-bond acceptors (Lipinski definition) is 3. The summed E-state index contributed by atoms with van der Waals surface area (Å²) in [5.41, 5.74) is 1.83. The molecule has 5 nitrogen and oxygen atoms in total. The molecule has 2 aromatic carbocycles. The lowest BCUT2D eigenvalue weighted by molar-refractivity contribution is -0.115. The number of H-pyrrole nitrogens is 1. The van der Waals surface area contributed by atoms with Gasteiger partial charge in [-0.1, -0.05) is 41.9 Å². The number of anilines is 1. The van der Waals surface area contributed by atoms with Crippen molar-refractivity contribution in [3.05, 3.63) is 76.8 Å². The van der Waals surface area contributed by atoms with Gasteiger partial charge in [-0.05, 0) is 29.8 Å². The normalized spacial score (nSPS) is 10.5. The predicted octanol–water partition coefficient (Wildman–Crippen LogP) is 3.23. The van der Waals surface area contributed by atoms with Crippen LogP contribution in [0.15, 0.2) is 54.6 Å². The Morgan fingerprint density at radius 2 is 1.83 bits per heavy atom. The molecule has 0 aliphatic carbocycles. The molecular formula is C17H15ClN4O. The number of nitrogens with one attached hydrogen (secondary N) is 2. The van der Waals surface area contributed by atoms with Crippen LogP contribution in [0.4, 0.5) is 5.69 Å². The maximum Gasteiger partial charge on any atom is 0.232 e. The Labute approximate surface area is 138 Å². The van der Waals surface area contributed by atoms with E-state index in [1.807, 2.05) is 54.6 Å². The second-order valence-electron chi connectivity index (χ2n) is 5.09. The van der Waals surface area contributed by atoms with Crippen molar-refractivity contribution in [2.24, 2.45) is 0 Å². The first-order chi connectivity index (χ1) is 11.2. The summed E-state index contributed by atoms with van der Waals surface area (Å²) in [5, 5.41) is 10.5. The molecular weight excluding hydrogens is 312 g/mol. The molecule has 6 heteroatoms. The van der Waals surface area contributed by atoms with Crippen molar-refractivity contribution in [1.82, 2.24) is 15.2 Å². The highest BCUT2D eigenvalue weighted by Crippen LogP contribution is 2.12. The van der Waals surface area contributed by atoms with E-state index in [1.165, 1.54) is 0 Å². The average Bonchev–Trinajstić information content (AvgIpc) is 2.97. The highest BCUT2D eigenvalue weighted by atomic mass is 35.5. The van der Waals surface area contributed by atoms with Gasteiger partial charge >= 0.3 is 0 Å². The molecule has 0 saturated carbocycles. The van der Waals surface area contributed by atoms with Crippen LogP contribution in [0.5, 0.6) is 0 Å². The first-order valence-corrected chi connectivity index (χ1v) is 7.56. The Hall–Kier alpha value is -2.66. The summed E-state index contributed by atoms with van der Waals surface area (Å²) in [4.78, 5) is 16.3. The van der Waals surface area contributed by atoms with Gasteiger partial charge in [0.15, 0.2) is 5.82 Å². The Bertz CT molecular complexity index is 784. The van der Waals surface area contributed by atoms with Crippen molar-refractivity contribution in [1.29, 1.82) is 0 Å². The molecule has 0 aliphatic heterocycles. The molecule has 2 N–H and O–H groups in total. The molecule has 0 saturated heterocycles. The summed E-state index contributed by atoms with van der Waals surface area (Å²) < 4.78 is 0. The van der Waals surface area contributed by atoms with E-state index in [2.05, 4.69) is 20.5 Å². The summed E-state index contributed by atoms with van der Waals surface area (Å²) in [5.74, 6) is 1.05. The maximum atomic E-state index is 12.0. The molecule has 23 heavy (non-hydrogen) atoms. The Morgan fingerprint density at radius 1 is 1.09 bits per heavy atom. The lowest BCUT2D eigenvalue weighted by Gasteiger charge is -2.02. The zero-order valence-electron chi connectivity index (χ0n) is 12.3. The quantitative estimate of drug-likeness (QED) is 0.756. The molecule has 116 valence electrons. The average molecular weight is 327 g/mol. The van der Waals surface area contributed by atoms with Gasteiger partial charge in [0.25, 0.3) is 0 Å². The van der Waals surface area contributed by atoms with E-state index < -0.39 is 0 Å². The number of halogens is 1. The van der Waals surface area contributed by atoms with E-state index >= 15 is 0 Å². The van der Waals surface area contributed by atoms with Crippen LogP contribution >= 0.6 is 11.6 Å². The van der Waals surface area contributed by atoms with Crippen LogP contribution in [0.25, 0.3) is 0 Å². The number of aromatic amines is 1. The van der Waals surface area contributed by atoms with Crippen LogP contribution in [0, 0.1) is 0 Å². The van der Waals surface area contributed by atoms with Gasteiger partial charge in [-0.2, -0.15) is 5.10 Å². The fraction of sp³-hybridized carbons (Fsp3) is 0.118. The Balaban J connectivity index is 1.58. The van der Waals surface area contributed by atoms with E-state index in [9.17, 15) is 4.79 Å². The van der Waals surface area contributed by atoms with Crippen LogP contribution in [0.3, 0.4) is 0 Å². The Morgan fingerprint density at radius 3 is 2.57 bits per heavy atom. The zero-order valence-corrected chi connectivity index (χ0v) is 13.0. The summed E-state index contributed by atoms with van der Waals surface area (Å²) in [7, 11) is 0. The number of hydrogen-bond donors (Lipinski definition) is 2. The molecule has 0 aliphatic rings. The minimum absolute atomic E-state index is 0.131. The number of carbonyl (C=O) groups is 1. The van der Waals surface area contributed by atoms with Crippen molar-refractivity contribution in [3.8, 4) is 0 Å². The molecule has 0 radical (unpaired) electrons. The highest BCUT2D eigenvalue weighted by molar-refractivity contribution is 6.30. The number of para-hydroxylation sites is 1. The smallest absolute Gasteiger partial charge is 0.232 e. The molecule has 0 atom stereocenters. The summed E-state index contributed by atoms with van der Waals surface area (Å²) in [6.45, 7) is 0. The van der Waals surface area contributed by atoms with Crippen LogP contribution in [0.1, 0.15) is 17.2 Å². The van der Waals surface area contributed by atoms with Crippen molar-refractivity contribution in [3.63, 3.8) is 0 Å². The minimum atomic E-state index is -0.145. The predicted molar refractivity (Wildman–Crippen MR) is 89.4 cm³/mol. The van der Waals surface area contributed by atoms with E-state index in [0.29, 0.717) is 17.3 Å². The van der Waals surface area contributed by atoms with Gasteiger partial charge in [-0.3, -0.25) is 9.89 Å². The number of benzene rings is 2. The topological polar surface area (TPSA) is 70.7 Å². The summed E-state index contributed by atoms with van der Waals surface area (Å²) in [6.07, 6.45) is 0.747. The first kappa shape index (κ1) is 15.2. The molecule has 1 heterocycles. The molecule has 3 aromatic rings. The molecule has 0 unspecified atom stereocenters. The fourth-order valence-corrected chi connectivity index (χ4v) is 2.28. The number of carbonyl (C=O) groups excluding carboxylic acids is 1. The van der Waals surface area contributed by atoms with Gasteiger partial charge in [0.1, 0.15) is 5.82 Å². The second-order valence-corrected chi connectivity index (χ2v) is 5.53. The van der Waals surface area contributed by atoms with Crippen LogP contribution < -0.4 is 5.32 Å². The van der Waals surface area contributed by atoms with Crippen LogP contribution in [-0.2, 0) is 17.6 Å². The molecule has 1 amide bonds. The molecule has 1 aromatic heterocycles. The van der Waals surface area contributed by atoms with Gasteiger partial charge in [0, 0.05) is 17.1 Å². The zero-order chi connectivity index (χ0) is 16.1. The fourth-order valence-electron chi connectivity index (χ4n) is 2.16. The van der Waals surface area contributed by atoms with Crippen LogP contribution in [-0.4, -0.2) is 21.1 Å². The molecule has 0 spiro atoms. The highest BCUT2D eigenvalue weighted by Gasteiger charge is 2.09. The number of aromatic nitrogens is 3. The third-order valence-electron chi connectivity index (χ3n) is 3.24. The second kappa shape index (κ2) is 7.07. The number of amides is 1. The lowest BCUT2D eigenvalue weighted by atomic mass is 10.1. The van der Waals surface area contributed by atoms with E-state index in [0.717, 1.165) is 17.1 Å². The molecule has 3 rings (SSSR count). The third-order valence-corrected chi connectivity index (χ3v) is 3.49. The first-order valence-electron chi connectivity index (χ1n) is 7.18. The molecule has 0 fully saturated rings. The van der Waals surface area contributed by atoms with Crippen molar-refractivity contribution < 1.29 is 4.79 Å². The van der Waals surface area contributed by atoms with Gasteiger partial charge in [0.2, 0.25) is 5.91 Å². The van der Waals surface area contributed by atoms with Gasteiger partial charge in [0.05, 0.1) is 6.42 Å². The Kier molecular flexibility index (Phi) is 4.68. The van der Waals surface area contributed by atoms with Crippen molar-refractivity contribution >= 4 is 23.2 Å². The number of rotatable bonds is 5. The van der Waals surface area contributed by atoms with Gasteiger partial charge in [-0.15, -0.1) is 0 Å². The third kappa shape index (κ3) is 4.40. The van der Waals surface area contributed by atoms with Gasteiger partial charge in [-0.25, -0.2) is 4.98 Å². The largest absolute Gasteiger partial charge is 0.326 e. The van der Waals surface area contributed by atoms with Crippen LogP contribution in [0.2, 0.25) is 5.02 Å². The standard InChI is InChI=1S/C17H15ClN4O/c18-13-8-6-12(7-9-13)10-15-20-16(22-21-15)11-17(23)19-14-4-2-1-3-5-14/h1-9H,10-11H2,(H,19,23)(H,20,21,22). The maximum absolute atomic E-state index is 12.0.